The molecule has 1 unspecified atom stereocenters. The lowest BCUT2D eigenvalue weighted by molar-refractivity contribution is -0.147. The minimum Gasteiger partial charge on any atom is -0.337 e. The maximum absolute atomic E-state index is 13.0. The van der Waals surface area contributed by atoms with Crippen molar-refractivity contribution in [2.24, 2.45) is 11.7 Å². The molecule has 1 saturated heterocycles. The summed E-state index contributed by atoms with van der Waals surface area (Å²) in [5, 5.41) is 0. The summed E-state index contributed by atoms with van der Waals surface area (Å²) in [4.78, 5) is 15.2. The summed E-state index contributed by atoms with van der Waals surface area (Å²) in [6.45, 7) is 3.14. The molecule has 2 N–H and O–H groups in total. The Balaban J connectivity index is 0.00000208. The highest BCUT2D eigenvalue weighted by atomic mass is 35.5. The van der Waals surface area contributed by atoms with Crippen LogP contribution in [-0.4, -0.2) is 28.9 Å². The van der Waals surface area contributed by atoms with Crippen molar-refractivity contribution in [3.63, 3.8) is 0 Å². The summed E-state index contributed by atoms with van der Waals surface area (Å²) in [6, 6.07) is 10.8. The van der Waals surface area contributed by atoms with Gasteiger partial charge in [0.15, 0.2) is 0 Å². The Labute approximate surface area is 152 Å². The summed E-state index contributed by atoms with van der Waals surface area (Å²) in [5.41, 5.74) is 7.49. The van der Waals surface area contributed by atoms with Gasteiger partial charge in [-0.15, -0.1) is 12.4 Å². The van der Waals surface area contributed by atoms with Crippen LogP contribution in [-0.2, 0) is 11.2 Å². The highest BCUT2D eigenvalue weighted by Crippen LogP contribution is 2.44. The average molecular weight is 351 g/mol. The topological polar surface area (TPSA) is 46.3 Å². The third kappa shape index (κ3) is 4.12. The van der Waals surface area contributed by atoms with Gasteiger partial charge in [-0.1, -0.05) is 43.7 Å². The monoisotopic (exact) mass is 350 g/mol. The van der Waals surface area contributed by atoms with E-state index >= 15 is 0 Å². The Morgan fingerprint density at radius 3 is 2.62 bits per heavy atom. The third-order valence-corrected chi connectivity index (χ3v) is 5.84. The Morgan fingerprint density at radius 1 is 1.29 bits per heavy atom. The molecule has 1 spiro atoms. The van der Waals surface area contributed by atoms with Crippen molar-refractivity contribution in [1.82, 2.24) is 4.90 Å². The highest BCUT2D eigenvalue weighted by Gasteiger charge is 2.49. The zero-order valence-electron chi connectivity index (χ0n) is 14.7. The highest BCUT2D eigenvalue weighted by molar-refractivity contribution is 5.85. The quantitative estimate of drug-likeness (QED) is 0.874. The van der Waals surface area contributed by atoms with Crippen LogP contribution in [0.25, 0.3) is 0 Å². The van der Waals surface area contributed by atoms with Gasteiger partial charge in [0.05, 0.1) is 0 Å². The van der Waals surface area contributed by atoms with Gasteiger partial charge in [-0.25, -0.2) is 0 Å². The SMILES string of the molecule is CCC(CC(=O)N1CCCCC12CC(N)C2)Cc1ccccc1.Cl. The van der Waals surface area contributed by atoms with Gasteiger partial charge in [-0.3, -0.25) is 4.79 Å². The van der Waals surface area contributed by atoms with E-state index in [1.54, 1.807) is 0 Å². The van der Waals surface area contributed by atoms with E-state index in [2.05, 4.69) is 36.1 Å². The number of hydrogen-bond donors (Lipinski definition) is 1. The van der Waals surface area contributed by atoms with E-state index in [1.165, 1.54) is 12.0 Å². The van der Waals surface area contributed by atoms with Gasteiger partial charge in [0.2, 0.25) is 5.91 Å². The van der Waals surface area contributed by atoms with E-state index in [0.29, 0.717) is 24.3 Å². The van der Waals surface area contributed by atoms with E-state index in [-0.39, 0.29) is 17.9 Å². The van der Waals surface area contributed by atoms with Crippen LogP contribution >= 0.6 is 12.4 Å². The first-order valence-electron chi connectivity index (χ1n) is 9.23. The maximum Gasteiger partial charge on any atom is 0.223 e. The second-order valence-electron chi connectivity index (χ2n) is 7.56. The van der Waals surface area contributed by atoms with Crippen molar-refractivity contribution in [3.8, 4) is 0 Å². The number of nitrogens with two attached hydrogens (primary N) is 1. The van der Waals surface area contributed by atoms with Crippen LogP contribution in [0.5, 0.6) is 0 Å². The van der Waals surface area contributed by atoms with Crippen LogP contribution in [0, 0.1) is 5.92 Å². The van der Waals surface area contributed by atoms with E-state index in [0.717, 1.165) is 45.1 Å². The van der Waals surface area contributed by atoms with E-state index in [1.807, 2.05) is 6.07 Å². The fraction of sp³-hybridized carbons (Fsp3) is 0.650. The van der Waals surface area contributed by atoms with Crippen molar-refractivity contribution in [2.75, 3.05) is 6.54 Å². The fourth-order valence-electron chi connectivity index (χ4n) is 4.49. The summed E-state index contributed by atoms with van der Waals surface area (Å²) in [7, 11) is 0. The summed E-state index contributed by atoms with van der Waals surface area (Å²) >= 11 is 0. The molecule has 3 nitrogen and oxygen atoms in total. The van der Waals surface area contributed by atoms with E-state index in [9.17, 15) is 4.79 Å². The second kappa shape index (κ2) is 8.35. The lowest BCUT2D eigenvalue weighted by Gasteiger charge is -2.56. The average Bonchev–Trinajstić information content (AvgIpc) is 2.54. The normalized spacial score (nSPS) is 27.2. The van der Waals surface area contributed by atoms with Gasteiger partial charge < -0.3 is 10.6 Å². The fourth-order valence-corrected chi connectivity index (χ4v) is 4.49. The van der Waals surface area contributed by atoms with Crippen LogP contribution in [0.4, 0.5) is 0 Å². The molecule has 0 aromatic heterocycles. The van der Waals surface area contributed by atoms with E-state index in [4.69, 9.17) is 5.73 Å². The number of piperidine rings is 1. The first-order chi connectivity index (χ1) is 11.1. The molecule has 1 aromatic carbocycles. The molecular weight excluding hydrogens is 320 g/mol. The van der Waals surface area contributed by atoms with E-state index < -0.39 is 0 Å². The first kappa shape index (κ1) is 19.3. The molecule has 1 aliphatic carbocycles. The number of halogens is 1. The number of nitrogens with zero attached hydrogens (tertiary/aromatic N) is 1. The molecule has 1 amide bonds. The number of likely N-dealkylation sites (tertiary alicyclic amines) is 1. The summed E-state index contributed by atoms with van der Waals surface area (Å²) < 4.78 is 0. The molecule has 1 aromatic rings. The number of benzene rings is 1. The van der Waals surface area contributed by atoms with Crippen LogP contribution in [0.1, 0.15) is 57.4 Å². The molecule has 1 heterocycles. The molecule has 0 bridgehead atoms. The molecule has 4 heteroatoms. The predicted molar refractivity (Wildman–Crippen MR) is 101 cm³/mol. The standard InChI is InChI=1S/C20H30N2O.ClH/c1-2-16(12-17-8-4-3-5-9-17)13-19(23)22-11-7-6-10-20(22)14-18(21)15-20;/h3-5,8-9,16,18H,2,6-7,10-15,21H2,1H3;1H. The van der Waals surface area contributed by atoms with Crippen molar-refractivity contribution >= 4 is 18.3 Å². The van der Waals surface area contributed by atoms with Crippen LogP contribution in [0.2, 0.25) is 0 Å². The molecule has 1 atom stereocenters. The van der Waals surface area contributed by atoms with Crippen LogP contribution in [0.3, 0.4) is 0 Å². The Morgan fingerprint density at radius 2 is 2.00 bits per heavy atom. The van der Waals surface area contributed by atoms with Crippen molar-refractivity contribution in [3.05, 3.63) is 35.9 Å². The minimum atomic E-state index is 0. The van der Waals surface area contributed by atoms with Gasteiger partial charge >= 0.3 is 0 Å². The zero-order chi connectivity index (χ0) is 16.3. The molecular formula is C20H31ClN2O. The molecule has 24 heavy (non-hydrogen) atoms. The van der Waals surface area contributed by atoms with Crippen molar-refractivity contribution in [2.45, 2.75) is 69.9 Å². The first-order valence-corrected chi connectivity index (χ1v) is 9.23. The largest absolute Gasteiger partial charge is 0.337 e. The number of hydrogen-bond acceptors (Lipinski definition) is 2. The molecule has 1 saturated carbocycles. The molecule has 0 radical (unpaired) electrons. The van der Waals surface area contributed by atoms with Gasteiger partial charge in [-0.05, 0) is 50.0 Å². The molecule has 1 aliphatic heterocycles. The molecule has 134 valence electrons. The second-order valence-corrected chi connectivity index (χ2v) is 7.56. The van der Waals surface area contributed by atoms with Crippen LogP contribution in [0.15, 0.2) is 30.3 Å². The Kier molecular flexibility index (Phi) is 6.70. The van der Waals surface area contributed by atoms with Gasteiger partial charge in [0.1, 0.15) is 0 Å². The Hall–Kier alpha value is -1.06. The smallest absolute Gasteiger partial charge is 0.223 e. The zero-order valence-corrected chi connectivity index (χ0v) is 15.6. The number of carbonyl (C=O) groups is 1. The Bertz CT molecular complexity index is 522. The third-order valence-electron chi connectivity index (χ3n) is 5.84. The van der Waals surface area contributed by atoms with Crippen molar-refractivity contribution in [1.29, 1.82) is 0 Å². The maximum atomic E-state index is 13.0. The molecule has 2 aliphatic rings. The number of rotatable bonds is 5. The number of amides is 1. The van der Waals surface area contributed by atoms with Gasteiger partial charge in [-0.2, -0.15) is 0 Å². The summed E-state index contributed by atoms with van der Waals surface area (Å²) in [5.74, 6) is 0.803. The minimum absolute atomic E-state index is 0. The molecule has 2 fully saturated rings. The van der Waals surface area contributed by atoms with Crippen molar-refractivity contribution < 1.29 is 4.79 Å². The van der Waals surface area contributed by atoms with Gasteiger partial charge in [0, 0.05) is 24.5 Å². The lowest BCUT2D eigenvalue weighted by Crippen LogP contribution is -2.65. The predicted octanol–water partition coefficient (Wildman–Crippen LogP) is 3.94. The molecule has 3 rings (SSSR count). The lowest BCUT2D eigenvalue weighted by atomic mass is 9.67. The van der Waals surface area contributed by atoms with Gasteiger partial charge in [0.25, 0.3) is 0 Å². The summed E-state index contributed by atoms with van der Waals surface area (Å²) in [6.07, 6.45) is 8.31. The van der Waals surface area contributed by atoms with Crippen LogP contribution < -0.4 is 5.73 Å². The number of carbonyl (C=O) groups excluding carboxylic acids is 1.